The number of carbonyl (C=O) groups is 2. The fourth-order valence-electron chi connectivity index (χ4n) is 16.7. The van der Waals surface area contributed by atoms with Crippen molar-refractivity contribution in [2.75, 3.05) is 35.5 Å². The van der Waals surface area contributed by atoms with Crippen LogP contribution in [0.1, 0.15) is 132 Å². The first-order valence-corrected chi connectivity index (χ1v) is 31.7. The summed E-state index contributed by atoms with van der Waals surface area (Å²) < 4.78 is 100. The van der Waals surface area contributed by atoms with Gasteiger partial charge in [0.1, 0.15) is 65.6 Å². The Balaban J connectivity index is 0.731. The normalized spacial score (nSPS) is 48.9. The molecule has 23 heteroatoms. The molecule has 29 atom stereocenters. The first-order chi connectivity index (χ1) is 41.8. The van der Waals surface area contributed by atoms with E-state index >= 15 is 0 Å². The van der Waals surface area contributed by atoms with Crippen LogP contribution in [0, 0.1) is 16.7 Å². The van der Waals surface area contributed by atoms with Crippen LogP contribution in [0.2, 0.25) is 0 Å². The van der Waals surface area contributed by atoms with Crippen molar-refractivity contribution in [3.8, 4) is 0 Å². The molecule has 0 spiro atoms. The van der Waals surface area contributed by atoms with Gasteiger partial charge in [0.2, 0.25) is 0 Å². The number of rotatable bonds is 19. The number of carbonyl (C=O) groups excluding carboxylic acids is 2. The number of methoxy groups -OCH3 is 5. The van der Waals surface area contributed by atoms with E-state index in [-0.39, 0.29) is 38.2 Å². The molecule has 5 saturated heterocycles. The molecule has 1 aromatic carbocycles. The second-order valence-electron chi connectivity index (χ2n) is 26.6. The molecule has 8 fully saturated rings. The monoisotopic (exact) mass is 1250 g/mol. The number of benzene rings is 1. The van der Waals surface area contributed by atoms with Gasteiger partial charge in [-0.15, -0.1) is 0 Å². The minimum atomic E-state index is -2.06. The van der Waals surface area contributed by atoms with Crippen molar-refractivity contribution in [2.45, 2.75) is 284 Å². The van der Waals surface area contributed by atoms with Crippen molar-refractivity contribution in [1.82, 2.24) is 0 Å². The molecular weight excluding hydrogens is 1150 g/mol. The zero-order chi connectivity index (χ0) is 63.4. The van der Waals surface area contributed by atoms with Crippen molar-refractivity contribution in [2.24, 2.45) is 16.7 Å². The number of fused-ring (bicyclic) bond motifs is 5. The number of ether oxygens (including phenoxy) is 16. The maximum Gasteiger partial charge on any atom is 0.331 e. The van der Waals surface area contributed by atoms with Gasteiger partial charge < -0.3 is 101 Å². The highest BCUT2D eigenvalue weighted by Crippen LogP contribution is 2.71. The second-order valence-corrected chi connectivity index (χ2v) is 26.6. The third-order valence-corrected chi connectivity index (χ3v) is 21.9. The van der Waals surface area contributed by atoms with Crippen molar-refractivity contribution < 1.29 is 111 Å². The number of esters is 1. The Morgan fingerprint density at radius 2 is 1.09 bits per heavy atom. The van der Waals surface area contributed by atoms with E-state index in [0.717, 1.165) is 11.1 Å². The summed E-state index contributed by atoms with van der Waals surface area (Å²) in [6.07, 6.45) is -7.63. The van der Waals surface area contributed by atoms with Gasteiger partial charge in [-0.2, -0.15) is 0 Å². The summed E-state index contributed by atoms with van der Waals surface area (Å²) in [5.74, 6) is -1.84. The maximum atomic E-state index is 13.7. The van der Waals surface area contributed by atoms with E-state index in [1.807, 2.05) is 64.1 Å². The predicted octanol–water partition coefficient (Wildman–Crippen LogP) is 4.74. The highest BCUT2D eigenvalue weighted by Gasteiger charge is 2.81. The van der Waals surface area contributed by atoms with E-state index in [2.05, 4.69) is 6.92 Å². The number of hydrogen-bond donors (Lipinski definition) is 5. The lowest BCUT2D eigenvalue weighted by Gasteiger charge is -2.67. The Hall–Kier alpha value is -2.96. The predicted molar refractivity (Wildman–Crippen MR) is 311 cm³/mol. The molecule has 10 rings (SSSR count). The zero-order valence-electron chi connectivity index (χ0n) is 53.3. The van der Waals surface area contributed by atoms with E-state index in [1.165, 1.54) is 20.1 Å². The van der Waals surface area contributed by atoms with Crippen LogP contribution in [0.25, 0.3) is 6.08 Å². The standard InChI is InChI=1S/C65H98O23/c1-33-53(68)42(73-9)28-50(78-33)85-56-35(3)80-52(30-44(56)75-11)87-58-37(5)82-60(54(69)59(58)77-13)88-57-36(4)81-51(31-45(57)76-12)86-55-34(2)79-49(29-43(55)74-10)83-41-22-23-61(7)40(27-41)21-24-64(71)46(61)32-47(84-48(67)20-19-39-17-15-14-16-18-39)62(8)63(70,38(6)66)25-26-65(62,64)72/h14-21,33-37,41-47,49-60,68-72H,22-32H2,1-13H3/b20-19+/t33-,34-,35-,36-,37-,41+,42-,43+,44-,45-,46-,47-,49+,50+,51+,52+,53-,54-,55-,56-,57-,58-,59+,60+,61+,62-,63+,64+,65-/m1/s1. The summed E-state index contributed by atoms with van der Waals surface area (Å²) in [5, 5.41) is 60.6. The maximum absolute atomic E-state index is 13.7. The SMILES string of the molecule is CO[C@H]1[C@@H](O)[C@H](O[C@@H]2[C@@H](C)O[C@@H](O[C@H]3[C@@H](OC)C[C@H](O[C@H]4CC[C@@]5(C)C(=CC[C@]6(O)[C@@H]5C[C@@H](OC(=O)/C=C/c5ccccc5)[C@@]5(C)[C@]6(O)CC[C@]5(O)C(C)=O)C4)O[C@@H]3C)C[C@H]2OC)O[C@H](C)[C@H]1O[C@H]1C[C@@H](OC)[C@H](O[C@H]2C[C@@H](OC)[C@H](O)[C@@H](C)O2)[C@@H](C)O1. The van der Waals surface area contributed by atoms with Crippen LogP contribution in [-0.4, -0.2) is 231 Å². The highest BCUT2D eigenvalue weighted by atomic mass is 16.8. The van der Waals surface area contributed by atoms with Crippen molar-refractivity contribution >= 4 is 17.8 Å². The summed E-state index contributed by atoms with van der Waals surface area (Å²) in [5.41, 5.74) is -6.36. The van der Waals surface area contributed by atoms with Crippen LogP contribution in [0.15, 0.2) is 48.1 Å². The molecule has 0 radical (unpaired) electrons. The number of aliphatic hydroxyl groups excluding tert-OH is 2. The van der Waals surface area contributed by atoms with E-state index in [0.29, 0.717) is 38.5 Å². The van der Waals surface area contributed by atoms with E-state index < -0.39 is 181 Å². The van der Waals surface area contributed by atoms with Gasteiger partial charge in [-0.25, -0.2) is 4.79 Å². The van der Waals surface area contributed by atoms with E-state index in [9.17, 15) is 35.1 Å². The lowest BCUT2D eigenvalue weighted by Crippen LogP contribution is -2.78. The first kappa shape index (κ1) is 67.9. The van der Waals surface area contributed by atoms with E-state index in [4.69, 9.17) is 75.8 Å². The van der Waals surface area contributed by atoms with Crippen LogP contribution < -0.4 is 0 Å². The Labute approximate surface area is 517 Å². The Bertz CT molecular complexity index is 2590. The lowest BCUT2D eigenvalue weighted by atomic mass is 9.42. The smallest absolute Gasteiger partial charge is 0.331 e. The molecule has 0 bridgehead atoms. The van der Waals surface area contributed by atoms with Gasteiger partial charge in [0.25, 0.3) is 0 Å². The van der Waals surface area contributed by atoms with Crippen molar-refractivity contribution in [3.05, 3.63) is 53.6 Å². The summed E-state index contributed by atoms with van der Waals surface area (Å²) in [6.45, 7) is 14.2. The molecule has 5 N–H and O–H groups in total. The average molecular weight is 1250 g/mol. The van der Waals surface area contributed by atoms with Crippen molar-refractivity contribution in [1.29, 1.82) is 0 Å². The number of hydrogen-bond acceptors (Lipinski definition) is 23. The Morgan fingerprint density at radius 3 is 1.64 bits per heavy atom. The molecule has 3 saturated carbocycles. The summed E-state index contributed by atoms with van der Waals surface area (Å²) in [7, 11) is 7.84. The van der Waals surface area contributed by atoms with Gasteiger partial charge >= 0.3 is 5.97 Å². The van der Waals surface area contributed by atoms with Gasteiger partial charge in [0.15, 0.2) is 37.2 Å². The van der Waals surface area contributed by atoms with Crippen LogP contribution in [0.5, 0.6) is 0 Å². The molecule has 0 aromatic heterocycles. The third kappa shape index (κ3) is 12.4. The third-order valence-electron chi connectivity index (χ3n) is 21.9. The van der Waals surface area contributed by atoms with Gasteiger partial charge in [-0.1, -0.05) is 48.9 Å². The second kappa shape index (κ2) is 27.2. The Morgan fingerprint density at radius 1 is 0.580 bits per heavy atom. The highest BCUT2D eigenvalue weighted by molar-refractivity contribution is 5.88. The summed E-state index contributed by atoms with van der Waals surface area (Å²) in [4.78, 5) is 27.1. The van der Waals surface area contributed by atoms with Crippen molar-refractivity contribution in [3.63, 3.8) is 0 Å². The molecule has 0 amide bonds. The molecule has 496 valence electrons. The molecular formula is C65H98O23. The van der Waals surface area contributed by atoms with Crippen LogP contribution >= 0.6 is 0 Å². The zero-order valence-corrected chi connectivity index (χ0v) is 53.3. The van der Waals surface area contributed by atoms with Gasteiger partial charge in [0, 0.05) is 73.2 Å². The molecule has 5 aliphatic heterocycles. The summed E-state index contributed by atoms with van der Waals surface area (Å²) in [6, 6.07) is 9.28. The fourth-order valence-corrected chi connectivity index (χ4v) is 16.7. The van der Waals surface area contributed by atoms with Crippen LogP contribution in [0.4, 0.5) is 0 Å². The van der Waals surface area contributed by atoms with Gasteiger partial charge in [-0.05, 0) is 110 Å². The largest absolute Gasteiger partial charge is 0.458 e. The van der Waals surface area contributed by atoms with Gasteiger partial charge in [-0.3, -0.25) is 4.79 Å². The molecule has 4 aliphatic carbocycles. The molecule has 23 nitrogen and oxygen atoms in total. The topological polar surface area (TPSA) is 283 Å². The number of ketones is 1. The summed E-state index contributed by atoms with van der Waals surface area (Å²) >= 11 is 0. The van der Waals surface area contributed by atoms with Crippen LogP contribution in [0.3, 0.4) is 0 Å². The van der Waals surface area contributed by atoms with Gasteiger partial charge in [0.05, 0.1) is 66.5 Å². The number of Topliss-reactive ketones (excluding diaryl/α,β-unsaturated/α-hetero) is 1. The molecule has 5 heterocycles. The molecule has 1 aromatic rings. The Kier molecular flexibility index (Phi) is 21.0. The van der Waals surface area contributed by atoms with Crippen LogP contribution in [-0.2, 0) is 85.4 Å². The molecule has 9 aliphatic rings. The molecule has 0 unspecified atom stereocenters. The minimum absolute atomic E-state index is 0.0633. The minimum Gasteiger partial charge on any atom is -0.458 e. The lowest BCUT2D eigenvalue weighted by molar-refractivity contribution is -0.368. The fraction of sp³-hybridized carbons (Fsp3) is 0.815. The molecule has 88 heavy (non-hydrogen) atoms. The van der Waals surface area contributed by atoms with E-state index in [1.54, 1.807) is 48.4 Å². The first-order valence-electron chi connectivity index (χ1n) is 31.7. The average Bonchev–Trinajstić information content (AvgIpc) is 1.34. The quantitative estimate of drug-likeness (QED) is 0.0710. The number of aliphatic hydroxyl groups is 5.